The van der Waals surface area contributed by atoms with Crippen molar-refractivity contribution in [3.8, 4) is 0 Å². The van der Waals surface area contributed by atoms with E-state index in [1.165, 1.54) is 17.8 Å². The highest BCUT2D eigenvalue weighted by molar-refractivity contribution is 7.13. The molecule has 0 radical (unpaired) electrons. The van der Waals surface area contributed by atoms with E-state index < -0.39 is 6.04 Å². The average molecular weight is 364 g/mol. The second-order valence-corrected chi connectivity index (χ2v) is 7.52. The summed E-state index contributed by atoms with van der Waals surface area (Å²) in [7, 11) is 0. The Hall–Kier alpha value is -1.96. The molecule has 1 saturated heterocycles. The Bertz CT molecular complexity index is 613. The number of carbonyl (C=O) groups excluding carboxylic acids is 3. The summed E-state index contributed by atoms with van der Waals surface area (Å²) in [5, 5.41) is 7.56. The van der Waals surface area contributed by atoms with E-state index in [0.717, 1.165) is 32.1 Å². The highest BCUT2D eigenvalue weighted by Gasteiger charge is 2.37. The van der Waals surface area contributed by atoms with Gasteiger partial charge in [-0.15, -0.1) is 11.3 Å². The van der Waals surface area contributed by atoms with Crippen LogP contribution in [-0.2, 0) is 14.4 Å². The number of thiazole rings is 1. The lowest BCUT2D eigenvalue weighted by molar-refractivity contribution is -0.142. The SMILES string of the molecule is O=C(CNC(=O)[C@H]1CCCN1C(=O)C1CCCCC1)Nc1nccs1. The van der Waals surface area contributed by atoms with Gasteiger partial charge in [-0.25, -0.2) is 4.98 Å². The number of hydrogen-bond acceptors (Lipinski definition) is 5. The standard InChI is InChI=1S/C17H24N4O3S/c22-14(20-17-18-8-10-25-17)11-19-15(23)13-7-4-9-21(13)16(24)12-5-2-1-3-6-12/h8,10,12-13H,1-7,9,11H2,(H,19,23)(H,18,20,22)/t13-/m1/s1. The van der Waals surface area contributed by atoms with Crippen LogP contribution in [0.1, 0.15) is 44.9 Å². The number of rotatable bonds is 5. The molecule has 1 aromatic heterocycles. The van der Waals surface area contributed by atoms with Crippen molar-refractivity contribution in [2.75, 3.05) is 18.4 Å². The third kappa shape index (κ3) is 4.56. The summed E-state index contributed by atoms with van der Waals surface area (Å²) >= 11 is 1.32. The first-order valence-corrected chi connectivity index (χ1v) is 9.80. The van der Waals surface area contributed by atoms with Crippen LogP contribution in [0.4, 0.5) is 5.13 Å². The van der Waals surface area contributed by atoms with Gasteiger partial charge in [0.2, 0.25) is 17.7 Å². The van der Waals surface area contributed by atoms with E-state index in [-0.39, 0.29) is 30.2 Å². The fourth-order valence-electron chi connectivity index (χ4n) is 3.62. The molecule has 8 heteroatoms. The third-order valence-corrected chi connectivity index (χ3v) is 5.58. The highest BCUT2D eigenvalue weighted by Crippen LogP contribution is 2.28. The van der Waals surface area contributed by atoms with Crippen LogP contribution in [0.25, 0.3) is 0 Å². The van der Waals surface area contributed by atoms with Gasteiger partial charge in [0.25, 0.3) is 0 Å². The number of likely N-dealkylation sites (tertiary alicyclic amines) is 1. The van der Waals surface area contributed by atoms with Crippen LogP contribution in [0.3, 0.4) is 0 Å². The Labute approximate surface area is 151 Å². The first kappa shape index (κ1) is 17.8. The predicted molar refractivity (Wildman–Crippen MR) is 95.1 cm³/mol. The lowest BCUT2D eigenvalue weighted by atomic mass is 9.88. The molecule has 3 amide bonds. The molecule has 0 spiro atoms. The molecule has 136 valence electrons. The Morgan fingerprint density at radius 2 is 1.96 bits per heavy atom. The van der Waals surface area contributed by atoms with Crippen molar-refractivity contribution in [1.82, 2.24) is 15.2 Å². The van der Waals surface area contributed by atoms with E-state index in [2.05, 4.69) is 15.6 Å². The third-order valence-electron chi connectivity index (χ3n) is 4.89. The summed E-state index contributed by atoms with van der Waals surface area (Å²) in [4.78, 5) is 42.7. The minimum absolute atomic E-state index is 0.0651. The van der Waals surface area contributed by atoms with Crippen LogP contribution >= 0.6 is 11.3 Å². The van der Waals surface area contributed by atoms with Gasteiger partial charge in [0, 0.05) is 24.0 Å². The van der Waals surface area contributed by atoms with Crippen LogP contribution in [-0.4, -0.2) is 46.7 Å². The van der Waals surface area contributed by atoms with Crippen molar-refractivity contribution in [2.24, 2.45) is 5.92 Å². The molecule has 7 nitrogen and oxygen atoms in total. The van der Waals surface area contributed by atoms with Crippen LogP contribution in [0.5, 0.6) is 0 Å². The van der Waals surface area contributed by atoms with Gasteiger partial charge in [-0.05, 0) is 25.7 Å². The molecule has 0 aromatic carbocycles. The van der Waals surface area contributed by atoms with Gasteiger partial charge in [-0.1, -0.05) is 19.3 Å². The van der Waals surface area contributed by atoms with E-state index in [1.54, 1.807) is 16.5 Å². The van der Waals surface area contributed by atoms with Crippen LogP contribution in [0.2, 0.25) is 0 Å². The van der Waals surface area contributed by atoms with Gasteiger partial charge in [-0.3, -0.25) is 14.4 Å². The molecule has 3 rings (SSSR count). The van der Waals surface area contributed by atoms with Gasteiger partial charge in [0.1, 0.15) is 6.04 Å². The van der Waals surface area contributed by atoms with Crippen LogP contribution < -0.4 is 10.6 Å². The Balaban J connectivity index is 1.50. The average Bonchev–Trinajstić information content (AvgIpc) is 3.31. The summed E-state index contributed by atoms with van der Waals surface area (Å²) in [5.74, 6) is -0.373. The molecule has 1 aliphatic heterocycles. The second kappa shape index (κ2) is 8.42. The smallest absolute Gasteiger partial charge is 0.245 e. The van der Waals surface area contributed by atoms with Crippen molar-refractivity contribution in [3.05, 3.63) is 11.6 Å². The summed E-state index contributed by atoms with van der Waals surface area (Å²) in [6, 6.07) is -0.443. The number of amides is 3. The molecule has 2 aliphatic rings. The molecular weight excluding hydrogens is 340 g/mol. The summed E-state index contributed by atoms with van der Waals surface area (Å²) < 4.78 is 0. The molecule has 2 N–H and O–H groups in total. The molecule has 2 fully saturated rings. The summed E-state index contributed by atoms with van der Waals surface area (Å²) in [6.07, 6.45) is 8.35. The predicted octanol–water partition coefficient (Wildman–Crippen LogP) is 1.77. The molecule has 1 aliphatic carbocycles. The molecule has 25 heavy (non-hydrogen) atoms. The number of carbonyl (C=O) groups is 3. The summed E-state index contributed by atoms with van der Waals surface area (Å²) in [5.41, 5.74) is 0. The van der Waals surface area contributed by atoms with E-state index in [1.807, 2.05) is 0 Å². The maximum Gasteiger partial charge on any atom is 0.245 e. The van der Waals surface area contributed by atoms with Crippen LogP contribution in [0, 0.1) is 5.92 Å². The Morgan fingerprint density at radius 1 is 1.16 bits per heavy atom. The zero-order valence-electron chi connectivity index (χ0n) is 14.2. The Kier molecular flexibility index (Phi) is 6.01. The molecule has 2 heterocycles. The number of hydrogen-bond donors (Lipinski definition) is 2. The maximum absolute atomic E-state index is 12.7. The Morgan fingerprint density at radius 3 is 2.68 bits per heavy atom. The van der Waals surface area contributed by atoms with Crippen LogP contribution in [0.15, 0.2) is 11.6 Å². The van der Waals surface area contributed by atoms with Crippen molar-refractivity contribution < 1.29 is 14.4 Å². The lowest BCUT2D eigenvalue weighted by Gasteiger charge is -2.30. The number of anilines is 1. The van der Waals surface area contributed by atoms with Gasteiger partial charge in [0.15, 0.2) is 5.13 Å². The zero-order valence-corrected chi connectivity index (χ0v) is 15.0. The maximum atomic E-state index is 12.7. The minimum atomic E-state index is -0.443. The quantitative estimate of drug-likeness (QED) is 0.833. The molecular formula is C17H24N4O3S. The first-order chi connectivity index (χ1) is 12.1. The van der Waals surface area contributed by atoms with Crippen molar-refractivity contribution >= 4 is 34.2 Å². The van der Waals surface area contributed by atoms with Gasteiger partial charge in [-0.2, -0.15) is 0 Å². The van der Waals surface area contributed by atoms with E-state index in [0.29, 0.717) is 18.1 Å². The minimum Gasteiger partial charge on any atom is -0.345 e. The summed E-state index contributed by atoms with van der Waals surface area (Å²) in [6.45, 7) is 0.527. The monoisotopic (exact) mass is 364 g/mol. The highest BCUT2D eigenvalue weighted by atomic mass is 32.1. The zero-order chi connectivity index (χ0) is 17.6. The number of nitrogens with zero attached hydrogens (tertiary/aromatic N) is 2. The van der Waals surface area contributed by atoms with Crippen molar-refractivity contribution in [2.45, 2.75) is 51.0 Å². The second-order valence-electron chi connectivity index (χ2n) is 6.63. The van der Waals surface area contributed by atoms with Gasteiger partial charge < -0.3 is 15.5 Å². The fourth-order valence-corrected chi connectivity index (χ4v) is 4.17. The van der Waals surface area contributed by atoms with Crippen molar-refractivity contribution in [3.63, 3.8) is 0 Å². The molecule has 0 bridgehead atoms. The van der Waals surface area contributed by atoms with Gasteiger partial charge in [0.05, 0.1) is 6.54 Å². The topological polar surface area (TPSA) is 91.4 Å². The van der Waals surface area contributed by atoms with Crippen molar-refractivity contribution in [1.29, 1.82) is 0 Å². The first-order valence-electron chi connectivity index (χ1n) is 8.92. The van der Waals surface area contributed by atoms with E-state index in [4.69, 9.17) is 0 Å². The van der Waals surface area contributed by atoms with E-state index in [9.17, 15) is 14.4 Å². The largest absolute Gasteiger partial charge is 0.345 e. The number of nitrogens with one attached hydrogen (secondary N) is 2. The fraction of sp³-hybridized carbons (Fsp3) is 0.647. The molecule has 1 saturated carbocycles. The molecule has 1 aromatic rings. The van der Waals surface area contributed by atoms with E-state index >= 15 is 0 Å². The molecule has 0 unspecified atom stereocenters. The van der Waals surface area contributed by atoms with Gasteiger partial charge >= 0.3 is 0 Å². The number of aromatic nitrogens is 1. The lowest BCUT2D eigenvalue weighted by Crippen LogP contribution is -2.49. The molecule has 1 atom stereocenters. The normalized spacial score (nSPS) is 21.1.